The third-order valence-electron chi connectivity index (χ3n) is 4.97. The monoisotopic (exact) mass is 399 g/mol. The van der Waals surface area contributed by atoms with E-state index in [0.717, 1.165) is 18.8 Å². The molecule has 1 N–H and O–H groups in total. The van der Waals surface area contributed by atoms with Crippen molar-refractivity contribution < 1.29 is 9.59 Å². The smallest absolute Gasteiger partial charge is 0.251 e. The molecule has 0 atom stereocenters. The van der Waals surface area contributed by atoms with Gasteiger partial charge in [-0.1, -0.05) is 17.7 Å². The van der Waals surface area contributed by atoms with Crippen molar-refractivity contribution in [2.45, 2.75) is 26.2 Å². The maximum Gasteiger partial charge on any atom is 0.251 e. The second-order valence-corrected chi connectivity index (χ2v) is 7.44. The number of benzene rings is 2. The number of rotatable bonds is 6. The van der Waals surface area contributed by atoms with Crippen molar-refractivity contribution in [3.63, 3.8) is 0 Å². The van der Waals surface area contributed by atoms with Crippen molar-refractivity contribution in [3.8, 4) is 0 Å². The quantitative estimate of drug-likeness (QED) is 0.795. The number of carbonyl (C=O) groups is 2. The van der Waals surface area contributed by atoms with Crippen LogP contribution >= 0.6 is 11.6 Å². The SMILES string of the molecule is CC(=O)N(CCNC(=O)c1cccc(Cl)c1)c1ccc(N2CCCCC2)cc1. The van der Waals surface area contributed by atoms with Gasteiger partial charge in [0, 0.05) is 55.1 Å². The topological polar surface area (TPSA) is 52.7 Å². The Kier molecular flexibility index (Phi) is 6.93. The van der Waals surface area contributed by atoms with E-state index < -0.39 is 0 Å². The van der Waals surface area contributed by atoms with E-state index in [1.54, 1.807) is 29.2 Å². The summed E-state index contributed by atoms with van der Waals surface area (Å²) < 4.78 is 0. The van der Waals surface area contributed by atoms with Crippen LogP contribution in [0.25, 0.3) is 0 Å². The summed E-state index contributed by atoms with van der Waals surface area (Å²) in [4.78, 5) is 28.4. The Balaban J connectivity index is 1.58. The van der Waals surface area contributed by atoms with Gasteiger partial charge in [-0.05, 0) is 61.7 Å². The highest BCUT2D eigenvalue weighted by molar-refractivity contribution is 6.30. The first-order valence-electron chi connectivity index (χ1n) is 9.71. The van der Waals surface area contributed by atoms with Gasteiger partial charge in [0.1, 0.15) is 0 Å². The fourth-order valence-electron chi connectivity index (χ4n) is 3.48. The van der Waals surface area contributed by atoms with Crippen LogP contribution in [0, 0.1) is 0 Å². The molecular weight excluding hydrogens is 374 g/mol. The van der Waals surface area contributed by atoms with Crippen molar-refractivity contribution in [2.24, 2.45) is 0 Å². The van der Waals surface area contributed by atoms with E-state index in [1.165, 1.54) is 31.9 Å². The molecule has 1 aliphatic heterocycles. The van der Waals surface area contributed by atoms with Crippen LogP contribution in [0.2, 0.25) is 5.02 Å². The molecule has 3 rings (SSSR count). The predicted molar refractivity (Wildman–Crippen MR) is 114 cm³/mol. The number of anilines is 2. The highest BCUT2D eigenvalue weighted by atomic mass is 35.5. The van der Waals surface area contributed by atoms with Gasteiger partial charge in [0.15, 0.2) is 0 Å². The molecule has 2 amide bonds. The third kappa shape index (κ3) is 5.26. The standard InChI is InChI=1S/C22H26ClN3O2/c1-17(27)26(15-12-24-22(28)18-6-5-7-19(23)16-18)21-10-8-20(9-11-21)25-13-3-2-4-14-25/h5-11,16H,2-4,12-15H2,1H3,(H,24,28). The van der Waals surface area contributed by atoms with Crippen LogP contribution in [0.3, 0.4) is 0 Å². The minimum absolute atomic E-state index is 0.0530. The largest absolute Gasteiger partial charge is 0.372 e. The molecule has 1 aliphatic rings. The maximum absolute atomic E-state index is 12.2. The summed E-state index contributed by atoms with van der Waals surface area (Å²) in [5.74, 6) is -0.255. The number of hydrogen-bond acceptors (Lipinski definition) is 3. The zero-order chi connectivity index (χ0) is 19.9. The Morgan fingerprint density at radius 1 is 1.07 bits per heavy atom. The zero-order valence-corrected chi connectivity index (χ0v) is 16.9. The van der Waals surface area contributed by atoms with Gasteiger partial charge in [-0.3, -0.25) is 9.59 Å². The van der Waals surface area contributed by atoms with E-state index in [1.807, 2.05) is 12.1 Å². The van der Waals surface area contributed by atoms with E-state index in [0.29, 0.717) is 23.7 Å². The predicted octanol–water partition coefficient (Wildman–Crippen LogP) is 4.11. The molecule has 6 heteroatoms. The number of nitrogens with zero attached hydrogens (tertiary/aromatic N) is 2. The van der Waals surface area contributed by atoms with Gasteiger partial charge in [-0.15, -0.1) is 0 Å². The Hall–Kier alpha value is -2.53. The van der Waals surface area contributed by atoms with Crippen LogP contribution in [0.15, 0.2) is 48.5 Å². The highest BCUT2D eigenvalue weighted by Gasteiger charge is 2.15. The van der Waals surface area contributed by atoms with Crippen LogP contribution in [-0.2, 0) is 4.79 Å². The molecule has 0 aliphatic carbocycles. The summed E-state index contributed by atoms with van der Waals surface area (Å²) in [5.41, 5.74) is 2.54. The molecule has 1 saturated heterocycles. The molecule has 5 nitrogen and oxygen atoms in total. The fraction of sp³-hybridized carbons (Fsp3) is 0.364. The Bertz CT molecular complexity index is 817. The Morgan fingerprint density at radius 2 is 1.79 bits per heavy atom. The first-order valence-corrected chi connectivity index (χ1v) is 10.1. The highest BCUT2D eigenvalue weighted by Crippen LogP contribution is 2.23. The van der Waals surface area contributed by atoms with Crippen LogP contribution in [0.4, 0.5) is 11.4 Å². The Labute approximate surface area is 171 Å². The second kappa shape index (κ2) is 9.60. The summed E-state index contributed by atoms with van der Waals surface area (Å²) in [6.07, 6.45) is 3.76. The lowest BCUT2D eigenvalue weighted by atomic mass is 10.1. The summed E-state index contributed by atoms with van der Waals surface area (Å²) in [7, 11) is 0. The molecular formula is C22H26ClN3O2. The molecule has 2 aromatic rings. The normalized spacial score (nSPS) is 13.9. The number of halogens is 1. The third-order valence-corrected chi connectivity index (χ3v) is 5.21. The average molecular weight is 400 g/mol. The summed E-state index contributed by atoms with van der Waals surface area (Å²) in [5, 5.41) is 3.36. The van der Waals surface area contributed by atoms with Gasteiger partial charge in [-0.25, -0.2) is 0 Å². The number of hydrogen-bond donors (Lipinski definition) is 1. The van der Waals surface area contributed by atoms with Crippen molar-refractivity contribution >= 4 is 34.8 Å². The molecule has 28 heavy (non-hydrogen) atoms. The van der Waals surface area contributed by atoms with Crippen LogP contribution in [-0.4, -0.2) is 38.0 Å². The summed E-state index contributed by atoms with van der Waals surface area (Å²) in [6.45, 7) is 4.48. The number of nitrogens with one attached hydrogen (secondary N) is 1. The van der Waals surface area contributed by atoms with Crippen LogP contribution < -0.4 is 15.1 Å². The summed E-state index contributed by atoms with van der Waals surface area (Å²) >= 11 is 5.93. The molecule has 2 aromatic carbocycles. The van der Waals surface area contributed by atoms with Crippen LogP contribution in [0.5, 0.6) is 0 Å². The lowest BCUT2D eigenvalue weighted by Crippen LogP contribution is -2.37. The molecule has 0 aromatic heterocycles. The minimum Gasteiger partial charge on any atom is -0.372 e. The number of piperidine rings is 1. The van der Waals surface area contributed by atoms with Crippen LogP contribution in [0.1, 0.15) is 36.5 Å². The molecule has 0 spiro atoms. The molecule has 0 unspecified atom stereocenters. The number of amides is 2. The lowest BCUT2D eigenvalue weighted by molar-refractivity contribution is -0.116. The average Bonchev–Trinajstić information content (AvgIpc) is 2.71. The van der Waals surface area contributed by atoms with Crippen molar-refractivity contribution in [1.29, 1.82) is 0 Å². The molecule has 148 valence electrons. The molecule has 1 fully saturated rings. The fourth-order valence-corrected chi connectivity index (χ4v) is 3.67. The molecule has 0 bridgehead atoms. The van der Waals surface area contributed by atoms with Gasteiger partial charge >= 0.3 is 0 Å². The summed E-state index contributed by atoms with van der Waals surface area (Å²) in [6, 6.07) is 14.9. The number of carbonyl (C=O) groups excluding carboxylic acids is 2. The zero-order valence-electron chi connectivity index (χ0n) is 16.2. The van der Waals surface area contributed by atoms with Gasteiger partial charge in [-0.2, -0.15) is 0 Å². The van der Waals surface area contributed by atoms with Gasteiger partial charge in [0.05, 0.1) is 0 Å². The van der Waals surface area contributed by atoms with Gasteiger partial charge in [0.25, 0.3) is 5.91 Å². The maximum atomic E-state index is 12.2. The van der Waals surface area contributed by atoms with E-state index in [2.05, 4.69) is 22.3 Å². The molecule has 0 radical (unpaired) electrons. The van der Waals surface area contributed by atoms with Gasteiger partial charge in [0.2, 0.25) is 5.91 Å². The van der Waals surface area contributed by atoms with E-state index in [9.17, 15) is 9.59 Å². The van der Waals surface area contributed by atoms with E-state index in [4.69, 9.17) is 11.6 Å². The van der Waals surface area contributed by atoms with E-state index >= 15 is 0 Å². The first kappa shape index (κ1) is 20.2. The molecule has 1 heterocycles. The minimum atomic E-state index is -0.202. The van der Waals surface area contributed by atoms with Gasteiger partial charge < -0.3 is 15.1 Å². The van der Waals surface area contributed by atoms with Crippen molar-refractivity contribution in [1.82, 2.24) is 5.32 Å². The lowest BCUT2D eigenvalue weighted by Gasteiger charge is -2.29. The van der Waals surface area contributed by atoms with Crippen molar-refractivity contribution in [2.75, 3.05) is 36.0 Å². The van der Waals surface area contributed by atoms with E-state index in [-0.39, 0.29) is 11.8 Å². The molecule has 0 saturated carbocycles. The Morgan fingerprint density at radius 3 is 2.43 bits per heavy atom. The first-order chi connectivity index (χ1) is 13.5. The van der Waals surface area contributed by atoms with Crippen molar-refractivity contribution in [3.05, 3.63) is 59.1 Å². The second-order valence-electron chi connectivity index (χ2n) is 7.00.